The lowest BCUT2D eigenvalue weighted by Gasteiger charge is -2.17. The van der Waals surface area contributed by atoms with E-state index >= 15 is 0 Å². The Morgan fingerprint density at radius 1 is 0.963 bits per heavy atom. The van der Waals surface area contributed by atoms with E-state index in [1.807, 2.05) is 30.3 Å². The number of primary amides is 1. The molecule has 1 unspecified atom stereocenters. The zero-order chi connectivity index (χ0) is 19.6. The van der Waals surface area contributed by atoms with E-state index in [1.54, 1.807) is 31.4 Å². The summed E-state index contributed by atoms with van der Waals surface area (Å²) in [6, 6.07) is 14.4. The van der Waals surface area contributed by atoms with Crippen molar-refractivity contribution in [3.05, 3.63) is 65.7 Å². The summed E-state index contributed by atoms with van der Waals surface area (Å²) in [6.07, 6.45) is 0.320. The number of carbonyl (C=O) groups is 3. The molecule has 0 aromatic heterocycles. The second kappa shape index (κ2) is 9.81. The highest BCUT2D eigenvalue weighted by molar-refractivity contribution is 5.89. The summed E-state index contributed by atoms with van der Waals surface area (Å²) in [5.41, 5.74) is 11.4. The Balaban J connectivity index is 1.89. The molecule has 5 N–H and O–H groups in total. The van der Waals surface area contributed by atoms with Crippen molar-refractivity contribution in [3.63, 3.8) is 0 Å². The number of rotatable bonds is 7. The smallest absolute Gasteiger partial charge is 0.312 e. The van der Waals surface area contributed by atoms with E-state index in [4.69, 9.17) is 10.5 Å². The van der Waals surface area contributed by atoms with Crippen molar-refractivity contribution < 1.29 is 19.1 Å². The third-order valence-electron chi connectivity index (χ3n) is 3.76. The van der Waals surface area contributed by atoms with Crippen molar-refractivity contribution in [2.45, 2.75) is 18.9 Å². The van der Waals surface area contributed by atoms with Gasteiger partial charge in [-0.15, -0.1) is 0 Å². The summed E-state index contributed by atoms with van der Waals surface area (Å²) in [7, 11) is 1.56. The van der Waals surface area contributed by atoms with Crippen LogP contribution in [0.1, 0.15) is 11.1 Å². The van der Waals surface area contributed by atoms with Crippen LogP contribution in [0.5, 0.6) is 5.75 Å². The second-order valence-corrected chi connectivity index (χ2v) is 5.81. The van der Waals surface area contributed by atoms with Crippen molar-refractivity contribution in [2.75, 3.05) is 7.11 Å². The molecule has 0 saturated heterocycles. The molecule has 0 fully saturated rings. The SMILES string of the molecule is COc1ccc(CC(=O)NNC(=O)C(Cc2ccccc2)NC(N)=O)cc1. The van der Waals surface area contributed by atoms with Gasteiger partial charge in [-0.3, -0.25) is 20.4 Å². The molecule has 0 radical (unpaired) electrons. The number of hydrazine groups is 1. The summed E-state index contributed by atoms with van der Waals surface area (Å²) in [5.74, 6) is -0.277. The minimum atomic E-state index is -0.911. The highest BCUT2D eigenvalue weighted by atomic mass is 16.5. The van der Waals surface area contributed by atoms with Gasteiger partial charge in [-0.25, -0.2) is 4.79 Å². The van der Waals surface area contributed by atoms with Gasteiger partial charge in [-0.1, -0.05) is 42.5 Å². The molecule has 0 aliphatic rings. The first-order valence-corrected chi connectivity index (χ1v) is 8.29. The lowest BCUT2D eigenvalue weighted by Crippen LogP contribution is -2.54. The molecule has 2 rings (SSSR count). The normalized spacial score (nSPS) is 11.1. The van der Waals surface area contributed by atoms with Gasteiger partial charge >= 0.3 is 6.03 Å². The van der Waals surface area contributed by atoms with Gasteiger partial charge in [0, 0.05) is 6.42 Å². The summed E-state index contributed by atoms with van der Waals surface area (Å²) in [6.45, 7) is 0. The van der Waals surface area contributed by atoms with Gasteiger partial charge in [0.1, 0.15) is 11.8 Å². The second-order valence-electron chi connectivity index (χ2n) is 5.81. The molecule has 0 heterocycles. The monoisotopic (exact) mass is 370 g/mol. The molecular formula is C19H22N4O4. The van der Waals surface area contributed by atoms with E-state index in [0.717, 1.165) is 11.1 Å². The third kappa shape index (κ3) is 6.69. The predicted molar refractivity (Wildman–Crippen MR) is 99.6 cm³/mol. The molecule has 2 aromatic carbocycles. The highest BCUT2D eigenvalue weighted by Gasteiger charge is 2.20. The standard InChI is InChI=1S/C19H22N4O4/c1-27-15-9-7-14(8-10-15)12-17(24)22-23-18(25)16(21-19(20)26)11-13-5-3-2-4-6-13/h2-10,16H,11-12H2,1H3,(H,22,24)(H,23,25)(H3,20,21,26). The summed E-state index contributed by atoms with van der Waals surface area (Å²) in [4.78, 5) is 35.5. The number of benzene rings is 2. The Bertz CT molecular complexity index is 778. The Hall–Kier alpha value is -3.55. The van der Waals surface area contributed by atoms with Crippen LogP contribution >= 0.6 is 0 Å². The molecule has 8 heteroatoms. The number of amides is 4. The van der Waals surface area contributed by atoms with Crippen LogP contribution in [0.15, 0.2) is 54.6 Å². The van der Waals surface area contributed by atoms with Gasteiger partial charge < -0.3 is 15.8 Å². The third-order valence-corrected chi connectivity index (χ3v) is 3.76. The van der Waals surface area contributed by atoms with Gasteiger partial charge in [-0.2, -0.15) is 0 Å². The highest BCUT2D eigenvalue weighted by Crippen LogP contribution is 2.11. The molecule has 27 heavy (non-hydrogen) atoms. The molecule has 0 aliphatic carbocycles. The van der Waals surface area contributed by atoms with Crippen LogP contribution in [-0.2, 0) is 22.4 Å². The van der Waals surface area contributed by atoms with Crippen LogP contribution in [0.2, 0.25) is 0 Å². The lowest BCUT2D eigenvalue weighted by molar-refractivity contribution is -0.129. The maximum Gasteiger partial charge on any atom is 0.312 e. The quantitative estimate of drug-likeness (QED) is 0.535. The maximum absolute atomic E-state index is 12.3. The number of carbonyl (C=O) groups excluding carboxylic acids is 3. The van der Waals surface area contributed by atoms with Gasteiger partial charge in [0.15, 0.2) is 0 Å². The molecular weight excluding hydrogens is 348 g/mol. The van der Waals surface area contributed by atoms with Crippen molar-refractivity contribution in [3.8, 4) is 5.75 Å². The molecule has 0 saturated carbocycles. The summed E-state index contributed by atoms with van der Waals surface area (Å²) >= 11 is 0. The largest absolute Gasteiger partial charge is 0.497 e. The molecule has 8 nitrogen and oxygen atoms in total. The van der Waals surface area contributed by atoms with E-state index < -0.39 is 23.9 Å². The van der Waals surface area contributed by atoms with Crippen LogP contribution in [-0.4, -0.2) is 31.0 Å². The first-order chi connectivity index (χ1) is 13.0. The lowest BCUT2D eigenvalue weighted by atomic mass is 10.1. The molecule has 1 atom stereocenters. The van der Waals surface area contributed by atoms with Gasteiger partial charge in [-0.05, 0) is 23.3 Å². The zero-order valence-corrected chi connectivity index (χ0v) is 14.9. The Morgan fingerprint density at radius 3 is 2.22 bits per heavy atom. The molecule has 2 aromatic rings. The van der Waals surface area contributed by atoms with E-state index in [2.05, 4.69) is 16.2 Å². The van der Waals surface area contributed by atoms with E-state index in [0.29, 0.717) is 5.75 Å². The fourth-order valence-electron chi connectivity index (χ4n) is 2.42. The number of ether oxygens (including phenoxy) is 1. The summed E-state index contributed by atoms with van der Waals surface area (Å²) in [5, 5.41) is 2.38. The van der Waals surface area contributed by atoms with Gasteiger partial charge in [0.2, 0.25) is 5.91 Å². The van der Waals surface area contributed by atoms with Crippen molar-refractivity contribution in [1.82, 2.24) is 16.2 Å². The number of hydrogen-bond acceptors (Lipinski definition) is 4. The number of nitrogens with two attached hydrogens (primary N) is 1. The van der Waals surface area contributed by atoms with Crippen LogP contribution in [0.4, 0.5) is 4.79 Å². The average molecular weight is 370 g/mol. The topological polar surface area (TPSA) is 123 Å². The first kappa shape index (κ1) is 19.8. The molecule has 4 amide bonds. The predicted octanol–water partition coefficient (Wildman–Crippen LogP) is 0.665. The Labute approximate surface area is 157 Å². The fraction of sp³-hybridized carbons (Fsp3) is 0.211. The van der Waals surface area contributed by atoms with Crippen molar-refractivity contribution in [2.24, 2.45) is 5.73 Å². The van der Waals surface area contributed by atoms with Crippen molar-refractivity contribution in [1.29, 1.82) is 0 Å². The number of methoxy groups -OCH3 is 1. The Kier molecular flexibility index (Phi) is 7.18. The molecule has 0 spiro atoms. The maximum atomic E-state index is 12.3. The van der Waals surface area contributed by atoms with Crippen LogP contribution in [0.3, 0.4) is 0 Å². The van der Waals surface area contributed by atoms with Crippen LogP contribution < -0.4 is 26.6 Å². The first-order valence-electron chi connectivity index (χ1n) is 8.29. The van der Waals surface area contributed by atoms with Crippen LogP contribution in [0.25, 0.3) is 0 Å². The minimum Gasteiger partial charge on any atom is -0.497 e. The fourth-order valence-corrected chi connectivity index (χ4v) is 2.42. The molecule has 142 valence electrons. The van der Waals surface area contributed by atoms with E-state index in [9.17, 15) is 14.4 Å². The Morgan fingerprint density at radius 2 is 1.63 bits per heavy atom. The molecule has 0 aliphatic heterocycles. The minimum absolute atomic E-state index is 0.0802. The van der Waals surface area contributed by atoms with Crippen LogP contribution in [0, 0.1) is 0 Å². The van der Waals surface area contributed by atoms with Gasteiger partial charge in [0.25, 0.3) is 5.91 Å². The summed E-state index contributed by atoms with van der Waals surface area (Å²) < 4.78 is 5.06. The number of urea groups is 1. The zero-order valence-electron chi connectivity index (χ0n) is 14.9. The van der Waals surface area contributed by atoms with E-state index in [1.165, 1.54) is 0 Å². The average Bonchev–Trinajstić information content (AvgIpc) is 2.66. The number of nitrogens with one attached hydrogen (secondary N) is 3. The molecule has 0 bridgehead atoms. The van der Waals surface area contributed by atoms with Gasteiger partial charge in [0.05, 0.1) is 13.5 Å². The van der Waals surface area contributed by atoms with Crippen molar-refractivity contribution >= 4 is 17.8 Å². The number of hydrogen-bond donors (Lipinski definition) is 4. The van der Waals surface area contributed by atoms with E-state index in [-0.39, 0.29) is 12.8 Å².